The molecule has 0 amide bonds. The monoisotopic (exact) mass is 2660 g/mol. The fourth-order valence-electron chi connectivity index (χ4n) is 25.0. The van der Waals surface area contributed by atoms with Crippen molar-refractivity contribution in [2.24, 2.45) is 0 Å². The van der Waals surface area contributed by atoms with Gasteiger partial charge in [0.25, 0.3) is 0 Å². The molecule has 30 rings (SSSR count). The quantitative estimate of drug-likeness (QED) is 0.101. The van der Waals surface area contributed by atoms with Gasteiger partial charge in [-0.05, 0) is 113 Å². The number of anilines is 3. The molecule has 7 aromatic heterocycles. The molecule has 4 radical (unpaired) electrons. The second-order valence-corrected chi connectivity index (χ2v) is 57.4. The summed E-state index contributed by atoms with van der Waals surface area (Å²) >= 11 is 0. The van der Waals surface area contributed by atoms with Gasteiger partial charge in [-0.15, -0.1) is 26.3 Å². The maximum atomic E-state index is 5.24. The van der Waals surface area contributed by atoms with Gasteiger partial charge in [0, 0.05) is 127 Å². The van der Waals surface area contributed by atoms with Crippen molar-refractivity contribution in [1.82, 2.24) is 29.1 Å². The maximum Gasteiger partial charge on any atom is 0.186 e. The van der Waals surface area contributed by atoms with Crippen molar-refractivity contribution in [2.45, 2.75) is 0 Å². The number of rotatable bonds is 10. The normalized spacial score (nSPS) is 14.0. The Kier molecular flexibility index (Phi) is 25.3. The van der Waals surface area contributed by atoms with Crippen LogP contribution in [0.15, 0.2) is 522 Å². The van der Waals surface area contributed by atoms with Crippen LogP contribution in [-0.4, -0.2) is 69.4 Å². The summed E-state index contributed by atoms with van der Waals surface area (Å²) in [5, 5.41) is 38.3. The zero-order chi connectivity index (χ0) is 93.2. The second-order valence-electron chi connectivity index (χ2n) is 36.8. The van der Waals surface area contributed by atoms with Crippen LogP contribution < -0.4 is 109 Å². The van der Waals surface area contributed by atoms with Crippen molar-refractivity contribution < 1.29 is 80.4 Å². The summed E-state index contributed by atoms with van der Waals surface area (Å²) in [5.74, 6) is 2.05. The maximum absolute atomic E-state index is 5.24. The summed E-state index contributed by atoms with van der Waals surface area (Å²) in [5.41, 5.74) is 9.44. The molecule has 12 heterocycles. The van der Waals surface area contributed by atoms with E-state index in [0.717, 1.165) is 34.2 Å². The van der Waals surface area contributed by atoms with E-state index in [-0.39, 0.29) is 80.4 Å². The molecular weight excluding hydrogens is 2580 g/mol. The molecule has 18 aromatic carbocycles. The van der Waals surface area contributed by atoms with Crippen LogP contribution in [0.3, 0.4) is 0 Å². The Morgan fingerprint density at radius 3 is 0.993 bits per heavy atom. The van der Waals surface area contributed by atoms with E-state index in [1.807, 2.05) is 43.0 Å². The van der Waals surface area contributed by atoms with Crippen molar-refractivity contribution >= 4 is 234 Å². The molecule has 0 saturated carbocycles. The molecule has 1 atom stereocenters. The Morgan fingerprint density at radius 2 is 0.510 bits per heavy atom. The van der Waals surface area contributed by atoms with Crippen LogP contribution in [0.2, 0.25) is 0 Å². The molecule has 0 aliphatic carbocycles. The van der Waals surface area contributed by atoms with Crippen LogP contribution in [0, 0.1) is 24.3 Å². The first-order valence-electron chi connectivity index (χ1n) is 48.2. The van der Waals surface area contributed by atoms with E-state index in [1.165, 1.54) is 168 Å². The Balaban J connectivity index is 0.000000107. The average Bonchev–Trinajstić information content (AvgIpc) is 1.57. The average molecular weight is 2660 g/mol. The second kappa shape index (κ2) is 38.8. The van der Waals surface area contributed by atoms with Gasteiger partial charge in [0.05, 0.1) is 11.0 Å². The van der Waals surface area contributed by atoms with Crippen molar-refractivity contribution in [1.29, 1.82) is 0 Å². The summed E-state index contributed by atoms with van der Waals surface area (Å²) in [7, 11) is -13.9. The van der Waals surface area contributed by atoms with Gasteiger partial charge in [-0.1, -0.05) is 445 Å². The molecule has 0 bridgehead atoms. The number of pyridine rings is 4. The third-order valence-corrected chi connectivity index (χ3v) is 57.3. The summed E-state index contributed by atoms with van der Waals surface area (Å²) in [6, 6.07) is 197. The Labute approximate surface area is 902 Å². The number of nitrogens with zero attached hydrogens (tertiary/aromatic N) is 7. The van der Waals surface area contributed by atoms with E-state index in [1.54, 1.807) is 0 Å². The van der Waals surface area contributed by atoms with E-state index in [4.69, 9.17) is 19.9 Å². The van der Waals surface area contributed by atoms with Gasteiger partial charge in [0.15, 0.2) is 24.2 Å². The first-order valence-corrected chi connectivity index (χ1v) is 59.6. The predicted molar refractivity (Wildman–Crippen MR) is 601 cm³/mol. The molecule has 0 N–H and O–H groups in total. The SMILES string of the molecule is [Ir].[Ir].[Ir].[Ir].[c-]1cccc2c1-n1c3ncccc3c3cccc(c31)[Si]2(c1ccccc1)c1ccccc1.[c-]1cccc2c1N1c3ncccc3[Si](c3ccccc3)(c3ccccc3)c3cccc(c31)[Si]2(c1ccccc1)c1ccccc1.[c-]1cccc2c3cccc4c3n(c12)-c1ncccc1[Si]4(c1ccccc1)c1ccccc1.[c-]1cccc2c3cccc4c3p(c12)-c1ncccc1[Si]4(c1ccccc1)c1ccccc1. The molecule has 698 valence electrons. The smallest absolute Gasteiger partial charge is 0.186 e. The number of hydrogen-bond donors (Lipinski definition) is 0. The summed E-state index contributed by atoms with van der Waals surface area (Å²) in [6.45, 7) is 0. The number of para-hydroxylation sites is 6. The molecule has 25 aromatic rings. The molecule has 5 aliphatic rings. The molecule has 145 heavy (non-hydrogen) atoms. The summed E-state index contributed by atoms with van der Waals surface area (Å²) < 4.78 is 4.68. The topological polar surface area (TPSA) is 64.7 Å². The fraction of sp³-hybridized carbons (Fsp3) is 0. The molecule has 0 fully saturated rings. The number of benzene rings is 18. The van der Waals surface area contributed by atoms with Crippen LogP contribution in [0.4, 0.5) is 17.2 Å². The molecular formula is C128H86Ir4N7PSi5-4. The van der Waals surface area contributed by atoms with Gasteiger partial charge in [0.2, 0.25) is 0 Å². The van der Waals surface area contributed by atoms with Gasteiger partial charge in [-0.25, -0.2) is 15.0 Å². The van der Waals surface area contributed by atoms with Crippen LogP contribution >= 0.6 is 7.53 Å². The van der Waals surface area contributed by atoms with Gasteiger partial charge in [-0.3, -0.25) is 4.98 Å². The van der Waals surface area contributed by atoms with E-state index >= 15 is 0 Å². The minimum atomic E-state index is -2.81. The van der Waals surface area contributed by atoms with Crippen molar-refractivity contribution in [2.75, 3.05) is 4.90 Å². The van der Waals surface area contributed by atoms with Crippen LogP contribution in [-0.2, 0) is 80.4 Å². The van der Waals surface area contributed by atoms with Crippen molar-refractivity contribution in [3.63, 3.8) is 0 Å². The van der Waals surface area contributed by atoms with Crippen LogP contribution in [0.5, 0.6) is 0 Å². The number of hydrogen-bond acceptors (Lipinski definition) is 5. The summed E-state index contributed by atoms with van der Waals surface area (Å²) in [4.78, 5) is 22.6. The number of aromatic nitrogens is 6. The first-order chi connectivity index (χ1) is 70.1. The van der Waals surface area contributed by atoms with Crippen molar-refractivity contribution in [3.8, 4) is 16.9 Å². The van der Waals surface area contributed by atoms with Crippen LogP contribution in [0.25, 0.3) is 81.7 Å². The first kappa shape index (κ1) is 94.5. The zero-order valence-electron chi connectivity index (χ0n) is 78.1. The standard InChI is InChI=1S/C41H29N2Si2.2C29H19N2Si.C29H19NPSi.4Ir/c1-5-17-31(18-6-1)44(32-19-7-2-8-20-32)36-26-14-13-25-35(36)43-40-37(44)27-15-28-38(40)45(33-21-9-3-10-22-33,34-23-11-4-12-24-34)39-29-16-30-42-41(39)43;1-3-11-21(12-4-1)32(22-13-5-2-6-14-22)26-18-8-7-17-25(26)31-28-23(15-9-19-27(28)32)24-16-10-20-30-29(24)31;2*1-3-11-21(12-4-1)32(22-13-5-2-6-14-22)26-18-9-16-24-23-15-7-8-17-25(23)31(28(24)26)29-27(32)19-10-20-30-29;;;;/h1-24,26-30H;3*1-16,18-20H;;;;/q4*-1;;;;. The largest absolute Gasteiger partial charge is 0.319 e. The van der Waals surface area contributed by atoms with E-state index < -0.39 is 47.9 Å². The molecule has 1 unspecified atom stereocenters. The van der Waals surface area contributed by atoms with Gasteiger partial charge < -0.3 is 14.0 Å². The van der Waals surface area contributed by atoms with E-state index in [0.29, 0.717) is 0 Å². The van der Waals surface area contributed by atoms with Gasteiger partial charge >= 0.3 is 0 Å². The predicted octanol–water partition coefficient (Wildman–Crippen LogP) is 15.9. The minimum absolute atomic E-state index is 0. The van der Waals surface area contributed by atoms with E-state index in [2.05, 4.69) is 518 Å². The van der Waals surface area contributed by atoms with E-state index in [9.17, 15) is 0 Å². The summed E-state index contributed by atoms with van der Waals surface area (Å²) in [6.07, 6.45) is 7.74. The minimum Gasteiger partial charge on any atom is -0.319 e. The Hall–Kier alpha value is -14.1. The Morgan fingerprint density at radius 1 is 0.207 bits per heavy atom. The third kappa shape index (κ3) is 14.0. The van der Waals surface area contributed by atoms with Gasteiger partial charge in [-0.2, -0.15) is 97.1 Å². The zero-order valence-corrected chi connectivity index (χ0v) is 93.5. The number of fused-ring (bicyclic) bond motifs is 19. The molecule has 17 heteroatoms. The molecule has 0 spiro atoms. The molecule has 7 nitrogen and oxygen atoms in total. The Bertz CT molecular complexity index is 8220. The fourth-order valence-corrected chi connectivity index (χ4v) is 54.5. The third-order valence-electron chi connectivity index (χ3n) is 30.2. The molecule has 0 saturated heterocycles. The van der Waals surface area contributed by atoms with Crippen LogP contribution in [0.1, 0.15) is 0 Å². The van der Waals surface area contributed by atoms with Crippen molar-refractivity contribution in [3.05, 3.63) is 546 Å². The van der Waals surface area contributed by atoms with Gasteiger partial charge in [0.1, 0.15) is 33.4 Å². The molecule has 5 aliphatic heterocycles.